The van der Waals surface area contributed by atoms with Crippen molar-refractivity contribution in [3.05, 3.63) is 79.9 Å². The zero-order valence-electron chi connectivity index (χ0n) is 15.6. The zero-order chi connectivity index (χ0) is 20.1. The molecule has 2 heterocycles. The summed E-state index contributed by atoms with van der Waals surface area (Å²) in [5, 5.41) is 11.4. The van der Waals surface area contributed by atoms with E-state index in [0.717, 1.165) is 9.75 Å². The molecule has 0 N–H and O–H groups in total. The van der Waals surface area contributed by atoms with Gasteiger partial charge < -0.3 is 14.1 Å². The maximum absolute atomic E-state index is 13.2. The van der Waals surface area contributed by atoms with Crippen LogP contribution in [0.3, 0.4) is 0 Å². The van der Waals surface area contributed by atoms with E-state index in [1.807, 2.05) is 19.1 Å². The van der Waals surface area contributed by atoms with Gasteiger partial charge in [0.25, 0.3) is 5.91 Å². The smallest absolute Gasteiger partial charge is 0.311 e. The maximum Gasteiger partial charge on any atom is 0.311 e. The van der Waals surface area contributed by atoms with E-state index in [-0.39, 0.29) is 29.5 Å². The maximum atomic E-state index is 13.2. The molecule has 0 atom stereocenters. The lowest BCUT2D eigenvalue weighted by molar-refractivity contribution is -0.385. The summed E-state index contributed by atoms with van der Waals surface area (Å²) in [7, 11) is 0. The summed E-state index contributed by atoms with van der Waals surface area (Å²) in [6, 6.07) is 11.8. The van der Waals surface area contributed by atoms with Crippen molar-refractivity contribution in [2.75, 3.05) is 6.61 Å². The topological polar surface area (TPSA) is 85.8 Å². The average Bonchev–Trinajstić information content (AvgIpc) is 3.33. The molecule has 3 rings (SSSR count). The van der Waals surface area contributed by atoms with Gasteiger partial charge in [-0.15, -0.1) is 11.3 Å². The van der Waals surface area contributed by atoms with Gasteiger partial charge in [-0.05, 0) is 50.2 Å². The Bertz CT molecular complexity index is 965. The van der Waals surface area contributed by atoms with Gasteiger partial charge >= 0.3 is 5.69 Å². The molecule has 0 saturated heterocycles. The number of nitrogens with zero attached hydrogens (tertiary/aromatic N) is 2. The number of carbonyl (C=O) groups is 1. The first-order chi connectivity index (χ1) is 13.5. The van der Waals surface area contributed by atoms with Gasteiger partial charge in [-0.1, -0.05) is 0 Å². The van der Waals surface area contributed by atoms with Gasteiger partial charge in [0.1, 0.15) is 5.76 Å². The number of nitro benzene ring substituents is 1. The second-order valence-electron chi connectivity index (χ2n) is 6.13. The monoisotopic (exact) mass is 400 g/mol. The summed E-state index contributed by atoms with van der Waals surface area (Å²) in [6.45, 7) is 4.71. The molecular weight excluding hydrogens is 380 g/mol. The van der Waals surface area contributed by atoms with Crippen molar-refractivity contribution in [1.82, 2.24) is 4.90 Å². The van der Waals surface area contributed by atoms with Crippen LogP contribution in [0.1, 0.15) is 32.8 Å². The molecule has 2 aromatic heterocycles. The predicted octanol–water partition coefficient (Wildman–Crippen LogP) is 4.80. The van der Waals surface area contributed by atoms with Gasteiger partial charge in [0.15, 0.2) is 5.75 Å². The first kappa shape index (κ1) is 19.6. The first-order valence-electron chi connectivity index (χ1n) is 8.76. The van der Waals surface area contributed by atoms with Gasteiger partial charge in [0, 0.05) is 21.4 Å². The molecule has 0 fully saturated rings. The molecule has 0 spiro atoms. The van der Waals surface area contributed by atoms with Crippen molar-refractivity contribution in [3.63, 3.8) is 0 Å². The van der Waals surface area contributed by atoms with Crippen molar-refractivity contribution < 1.29 is 18.9 Å². The Hall–Kier alpha value is -3.13. The van der Waals surface area contributed by atoms with Crippen molar-refractivity contribution in [2.24, 2.45) is 0 Å². The molecule has 0 aliphatic carbocycles. The summed E-state index contributed by atoms with van der Waals surface area (Å²) in [5.74, 6) is 0.478. The number of aryl methyl sites for hydroxylation is 1. The van der Waals surface area contributed by atoms with Crippen LogP contribution in [-0.2, 0) is 13.1 Å². The summed E-state index contributed by atoms with van der Waals surface area (Å²) in [6.07, 6.45) is 1.55. The van der Waals surface area contributed by atoms with Crippen LogP contribution in [0.5, 0.6) is 5.75 Å². The molecule has 1 aromatic carbocycles. The molecule has 0 unspecified atom stereocenters. The zero-order valence-corrected chi connectivity index (χ0v) is 16.4. The number of carbonyl (C=O) groups excluding carboxylic acids is 1. The first-order valence-corrected chi connectivity index (χ1v) is 9.57. The van der Waals surface area contributed by atoms with E-state index < -0.39 is 4.92 Å². The Morgan fingerprint density at radius 1 is 1.25 bits per heavy atom. The number of benzene rings is 1. The van der Waals surface area contributed by atoms with Gasteiger partial charge in [0.2, 0.25) is 0 Å². The molecular formula is C20H20N2O5S. The average molecular weight is 400 g/mol. The minimum Gasteiger partial charge on any atom is -0.487 e. The fourth-order valence-electron chi connectivity index (χ4n) is 2.80. The van der Waals surface area contributed by atoms with Crippen LogP contribution in [0, 0.1) is 17.0 Å². The Morgan fingerprint density at radius 2 is 2.07 bits per heavy atom. The largest absolute Gasteiger partial charge is 0.487 e. The van der Waals surface area contributed by atoms with Crippen LogP contribution in [0.15, 0.2) is 53.1 Å². The Labute approximate surface area is 166 Å². The molecule has 0 radical (unpaired) electrons. The Kier molecular flexibility index (Phi) is 6.10. The molecule has 7 nitrogen and oxygen atoms in total. The molecule has 0 aliphatic rings. The van der Waals surface area contributed by atoms with E-state index in [9.17, 15) is 14.9 Å². The van der Waals surface area contributed by atoms with E-state index in [1.165, 1.54) is 12.1 Å². The number of nitro groups is 1. The number of ether oxygens (including phenoxy) is 1. The number of amides is 1. The highest BCUT2D eigenvalue weighted by Crippen LogP contribution is 2.29. The van der Waals surface area contributed by atoms with Crippen LogP contribution in [-0.4, -0.2) is 22.3 Å². The van der Waals surface area contributed by atoms with Crippen LogP contribution in [0.2, 0.25) is 0 Å². The highest BCUT2D eigenvalue weighted by atomic mass is 32.1. The van der Waals surface area contributed by atoms with Crippen LogP contribution < -0.4 is 4.74 Å². The fraction of sp³-hybridized carbons (Fsp3) is 0.250. The van der Waals surface area contributed by atoms with E-state index in [0.29, 0.717) is 18.9 Å². The van der Waals surface area contributed by atoms with E-state index >= 15 is 0 Å². The van der Waals surface area contributed by atoms with Gasteiger partial charge in [-0.3, -0.25) is 14.9 Å². The third kappa shape index (κ3) is 4.58. The van der Waals surface area contributed by atoms with Crippen LogP contribution >= 0.6 is 11.3 Å². The molecule has 0 saturated carbocycles. The normalized spacial score (nSPS) is 10.6. The summed E-state index contributed by atoms with van der Waals surface area (Å²) in [5.41, 5.74) is 0.00704. The van der Waals surface area contributed by atoms with Gasteiger partial charge in [0.05, 0.1) is 30.9 Å². The van der Waals surface area contributed by atoms with E-state index in [4.69, 9.17) is 9.15 Å². The molecule has 0 aliphatic heterocycles. The predicted molar refractivity (Wildman–Crippen MR) is 106 cm³/mol. The van der Waals surface area contributed by atoms with E-state index in [1.54, 1.807) is 47.6 Å². The van der Waals surface area contributed by atoms with Crippen LogP contribution in [0.4, 0.5) is 5.69 Å². The van der Waals surface area contributed by atoms with Crippen molar-refractivity contribution >= 4 is 22.9 Å². The number of hydrogen-bond acceptors (Lipinski definition) is 6. The lowest BCUT2D eigenvalue weighted by Crippen LogP contribution is -2.29. The minimum absolute atomic E-state index is 0.149. The summed E-state index contributed by atoms with van der Waals surface area (Å²) < 4.78 is 10.7. The quantitative estimate of drug-likeness (QED) is 0.400. The van der Waals surface area contributed by atoms with Gasteiger partial charge in [-0.25, -0.2) is 0 Å². The molecule has 3 aromatic rings. The molecule has 8 heteroatoms. The highest BCUT2D eigenvalue weighted by molar-refractivity contribution is 7.11. The SMILES string of the molecule is CCOc1ccc(C(=O)N(Cc2ccco2)Cc2ccc(C)s2)cc1[N+](=O)[O-]. The number of rotatable bonds is 8. The summed E-state index contributed by atoms with van der Waals surface area (Å²) in [4.78, 5) is 27.8. The molecule has 1 amide bonds. The lowest BCUT2D eigenvalue weighted by Gasteiger charge is -2.21. The van der Waals surface area contributed by atoms with E-state index in [2.05, 4.69) is 0 Å². The minimum atomic E-state index is -0.540. The second-order valence-corrected chi connectivity index (χ2v) is 7.50. The highest BCUT2D eigenvalue weighted by Gasteiger charge is 2.23. The third-order valence-corrected chi connectivity index (χ3v) is 5.04. The second kappa shape index (κ2) is 8.71. The Morgan fingerprint density at radius 3 is 2.68 bits per heavy atom. The molecule has 0 bridgehead atoms. The fourth-order valence-corrected chi connectivity index (χ4v) is 3.71. The number of thiophene rings is 1. The third-order valence-electron chi connectivity index (χ3n) is 4.06. The number of hydrogen-bond donors (Lipinski definition) is 0. The lowest BCUT2D eigenvalue weighted by atomic mass is 10.1. The molecule has 146 valence electrons. The van der Waals surface area contributed by atoms with Crippen molar-refractivity contribution in [2.45, 2.75) is 26.9 Å². The molecule has 28 heavy (non-hydrogen) atoms. The van der Waals surface area contributed by atoms with Gasteiger partial charge in [-0.2, -0.15) is 0 Å². The summed E-state index contributed by atoms with van der Waals surface area (Å²) >= 11 is 1.61. The van der Waals surface area contributed by atoms with Crippen LogP contribution in [0.25, 0.3) is 0 Å². The number of furan rings is 1. The standard InChI is InChI=1S/C20H20N2O5S/c1-3-26-19-9-7-15(11-18(19)22(24)25)20(23)21(12-16-5-4-10-27-16)13-17-8-6-14(2)28-17/h4-11H,3,12-13H2,1-2H3. The van der Waals surface area contributed by atoms with Crippen molar-refractivity contribution in [3.8, 4) is 5.75 Å². The Balaban J connectivity index is 1.91. The van der Waals surface area contributed by atoms with Crippen molar-refractivity contribution in [1.29, 1.82) is 0 Å².